The van der Waals surface area contributed by atoms with Crippen molar-refractivity contribution in [1.29, 1.82) is 0 Å². The fourth-order valence-corrected chi connectivity index (χ4v) is 4.26. The Balaban J connectivity index is 1.99. The number of rotatable bonds is 2. The van der Waals surface area contributed by atoms with E-state index in [-0.39, 0.29) is 17.7 Å². The normalized spacial score (nSPS) is 22.8. The Morgan fingerprint density at radius 1 is 1.15 bits per heavy atom. The van der Waals surface area contributed by atoms with Gasteiger partial charge in [-0.05, 0) is 29.2 Å². The summed E-state index contributed by atoms with van der Waals surface area (Å²) in [6.07, 6.45) is 2.14. The second-order valence-electron chi connectivity index (χ2n) is 6.87. The molecule has 0 saturated carbocycles. The molecule has 0 bridgehead atoms. The van der Waals surface area contributed by atoms with E-state index in [1.54, 1.807) is 0 Å². The van der Waals surface area contributed by atoms with Crippen LogP contribution < -0.4 is 5.32 Å². The maximum atomic E-state index is 12.8. The number of hydrogen-bond acceptors (Lipinski definition) is 4. The third kappa shape index (κ3) is 2.53. The molecule has 0 aromatic heterocycles. The van der Waals surface area contributed by atoms with Crippen LogP contribution >= 0.6 is 0 Å². The second kappa shape index (κ2) is 6.45. The summed E-state index contributed by atoms with van der Waals surface area (Å²) in [6, 6.07) is 14.1. The lowest BCUT2D eigenvalue weighted by atomic mass is 9.70. The van der Waals surface area contributed by atoms with E-state index in [9.17, 15) is 9.59 Å². The van der Waals surface area contributed by atoms with Crippen LogP contribution in [0.5, 0.6) is 0 Å². The van der Waals surface area contributed by atoms with Gasteiger partial charge in [0.25, 0.3) is 0 Å². The van der Waals surface area contributed by atoms with Gasteiger partial charge >= 0.3 is 5.97 Å². The van der Waals surface area contributed by atoms with E-state index in [4.69, 9.17) is 4.74 Å². The van der Waals surface area contributed by atoms with Crippen LogP contribution in [-0.4, -0.2) is 18.9 Å². The average Bonchev–Trinajstić information content (AvgIpc) is 2.66. The highest BCUT2D eigenvalue weighted by molar-refractivity contribution is 6.01. The van der Waals surface area contributed by atoms with Crippen LogP contribution in [0, 0.1) is 5.92 Å². The van der Waals surface area contributed by atoms with Crippen molar-refractivity contribution in [3.63, 3.8) is 0 Å². The van der Waals surface area contributed by atoms with Crippen molar-refractivity contribution in [2.75, 3.05) is 7.11 Å². The first-order chi connectivity index (χ1) is 12.6. The number of carbonyl (C=O) groups excluding carboxylic acids is 2. The van der Waals surface area contributed by atoms with Gasteiger partial charge in [-0.15, -0.1) is 0 Å². The number of hydrogen-bond donors (Lipinski definition) is 1. The van der Waals surface area contributed by atoms with Gasteiger partial charge in [-0.2, -0.15) is 0 Å². The Kier molecular flexibility index (Phi) is 4.11. The molecule has 1 aliphatic carbocycles. The fraction of sp³-hybridized carbons (Fsp3) is 0.273. The van der Waals surface area contributed by atoms with E-state index in [1.165, 1.54) is 7.11 Å². The fourth-order valence-electron chi connectivity index (χ4n) is 4.26. The van der Waals surface area contributed by atoms with Crippen LogP contribution in [0.2, 0.25) is 0 Å². The standard InChI is InChI=1S/C22H21NO3/c1-13-19(22(25)26-2)20(21-17(23-13)11-6-12-18(21)24)16-10-5-8-14-7-3-4-9-15(14)16/h3-5,7-10,19-20,23H,1,6,11-12H2,2H3. The SMILES string of the molecule is C=C1NC2=C(C(=O)CCC2)C(c2cccc3ccccc23)C1C(=O)OC. The number of ketones is 1. The molecule has 2 unspecified atom stereocenters. The van der Waals surface area contributed by atoms with Crippen LogP contribution in [0.3, 0.4) is 0 Å². The Bertz CT molecular complexity index is 952. The zero-order valence-electron chi connectivity index (χ0n) is 14.7. The number of esters is 1. The highest BCUT2D eigenvalue weighted by atomic mass is 16.5. The minimum Gasteiger partial charge on any atom is -0.468 e. The van der Waals surface area contributed by atoms with Gasteiger partial charge < -0.3 is 10.1 Å². The predicted molar refractivity (Wildman–Crippen MR) is 100 cm³/mol. The number of benzene rings is 2. The van der Waals surface area contributed by atoms with Gasteiger partial charge in [0.2, 0.25) is 0 Å². The average molecular weight is 347 g/mol. The number of fused-ring (bicyclic) bond motifs is 1. The molecule has 0 spiro atoms. The monoisotopic (exact) mass is 347 g/mol. The van der Waals surface area contributed by atoms with E-state index < -0.39 is 5.92 Å². The molecule has 4 nitrogen and oxygen atoms in total. The molecule has 0 fully saturated rings. The number of nitrogens with one attached hydrogen (secondary N) is 1. The summed E-state index contributed by atoms with van der Waals surface area (Å²) in [6.45, 7) is 4.08. The molecule has 0 amide bonds. The lowest BCUT2D eigenvalue weighted by Gasteiger charge is -2.38. The Morgan fingerprint density at radius 2 is 1.92 bits per heavy atom. The van der Waals surface area contributed by atoms with Crippen LogP contribution in [0.1, 0.15) is 30.7 Å². The van der Waals surface area contributed by atoms with E-state index in [2.05, 4.69) is 11.9 Å². The topological polar surface area (TPSA) is 55.4 Å². The molecule has 2 aromatic rings. The maximum absolute atomic E-state index is 12.8. The van der Waals surface area contributed by atoms with Gasteiger partial charge in [-0.25, -0.2) is 0 Å². The molecular weight excluding hydrogens is 326 g/mol. The van der Waals surface area contributed by atoms with E-state index in [1.807, 2.05) is 42.5 Å². The first kappa shape index (κ1) is 16.6. The van der Waals surface area contributed by atoms with Crippen molar-refractivity contribution < 1.29 is 14.3 Å². The van der Waals surface area contributed by atoms with Crippen LogP contribution in [0.25, 0.3) is 10.8 Å². The van der Waals surface area contributed by atoms with E-state index in [0.717, 1.165) is 40.4 Å². The number of methoxy groups -OCH3 is 1. The largest absolute Gasteiger partial charge is 0.468 e. The quantitative estimate of drug-likeness (QED) is 0.839. The van der Waals surface area contributed by atoms with Crippen molar-refractivity contribution in [3.8, 4) is 0 Å². The highest BCUT2D eigenvalue weighted by Crippen LogP contribution is 2.46. The summed E-state index contributed by atoms with van der Waals surface area (Å²) >= 11 is 0. The van der Waals surface area contributed by atoms with Crippen LogP contribution in [0.15, 0.2) is 66.0 Å². The summed E-state index contributed by atoms with van der Waals surface area (Å²) in [5, 5.41) is 5.36. The molecule has 4 rings (SSSR count). The maximum Gasteiger partial charge on any atom is 0.315 e. The Labute approximate surface area is 152 Å². The molecule has 132 valence electrons. The third-order valence-electron chi connectivity index (χ3n) is 5.40. The molecule has 4 heteroatoms. The summed E-state index contributed by atoms with van der Waals surface area (Å²) in [5.74, 6) is -1.25. The summed E-state index contributed by atoms with van der Waals surface area (Å²) < 4.78 is 5.07. The van der Waals surface area contributed by atoms with Crippen LogP contribution in [-0.2, 0) is 14.3 Å². The first-order valence-electron chi connectivity index (χ1n) is 8.89. The van der Waals surface area contributed by atoms with E-state index in [0.29, 0.717) is 12.1 Å². The molecule has 2 atom stereocenters. The lowest BCUT2D eigenvalue weighted by Crippen LogP contribution is -2.41. The Morgan fingerprint density at radius 3 is 2.73 bits per heavy atom. The molecule has 2 aliphatic rings. The zero-order valence-corrected chi connectivity index (χ0v) is 14.7. The molecular formula is C22H21NO3. The Hall–Kier alpha value is -2.88. The van der Waals surface area contributed by atoms with Crippen molar-refractivity contribution in [1.82, 2.24) is 5.32 Å². The first-order valence-corrected chi connectivity index (χ1v) is 8.89. The van der Waals surface area contributed by atoms with Gasteiger partial charge in [0.1, 0.15) is 5.92 Å². The van der Waals surface area contributed by atoms with Crippen molar-refractivity contribution in [2.45, 2.75) is 25.2 Å². The molecule has 0 saturated heterocycles. The molecule has 1 aliphatic heterocycles. The summed E-state index contributed by atoms with van der Waals surface area (Å²) in [4.78, 5) is 25.5. The second-order valence-corrected chi connectivity index (χ2v) is 6.87. The number of ether oxygens (including phenoxy) is 1. The predicted octanol–water partition coefficient (Wildman–Crippen LogP) is 3.84. The molecule has 1 N–H and O–H groups in total. The van der Waals surface area contributed by atoms with Gasteiger partial charge in [0.05, 0.1) is 7.11 Å². The van der Waals surface area contributed by atoms with Crippen molar-refractivity contribution >= 4 is 22.5 Å². The molecule has 1 heterocycles. The number of carbonyl (C=O) groups is 2. The van der Waals surface area contributed by atoms with Gasteiger partial charge in [-0.3, -0.25) is 9.59 Å². The summed E-state index contributed by atoms with van der Waals surface area (Å²) in [5.41, 5.74) is 3.20. The van der Waals surface area contributed by atoms with Crippen molar-refractivity contribution in [3.05, 3.63) is 71.6 Å². The lowest BCUT2D eigenvalue weighted by molar-refractivity contribution is -0.144. The minimum atomic E-state index is -0.619. The van der Waals surface area contributed by atoms with Crippen molar-refractivity contribution in [2.24, 2.45) is 5.92 Å². The highest BCUT2D eigenvalue weighted by Gasteiger charge is 2.44. The third-order valence-corrected chi connectivity index (χ3v) is 5.40. The van der Waals surface area contributed by atoms with Gasteiger partial charge in [-0.1, -0.05) is 49.0 Å². The van der Waals surface area contributed by atoms with E-state index >= 15 is 0 Å². The minimum absolute atomic E-state index is 0.109. The molecule has 0 radical (unpaired) electrons. The number of Topliss-reactive ketones (excluding diaryl/α,β-unsaturated/α-hetero) is 1. The zero-order chi connectivity index (χ0) is 18.3. The van der Waals surface area contributed by atoms with Gasteiger partial charge in [0.15, 0.2) is 5.78 Å². The molecule has 26 heavy (non-hydrogen) atoms. The smallest absolute Gasteiger partial charge is 0.315 e. The number of allylic oxidation sites excluding steroid dienone is 2. The molecule has 2 aromatic carbocycles. The van der Waals surface area contributed by atoms with Gasteiger partial charge in [0, 0.05) is 29.3 Å². The summed E-state index contributed by atoms with van der Waals surface area (Å²) in [7, 11) is 1.38. The van der Waals surface area contributed by atoms with Crippen LogP contribution in [0.4, 0.5) is 0 Å².